The summed E-state index contributed by atoms with van der Waals surface area (Å²) in [5.74, 6) is -0.831. The Kier molecular flexibility index (Phi) is 4.40. The highest BCUT2D eigenvalue weighted by Gasteiger charge is 2.26. The standard InChI is InChI=1S/C17H23NO2S/c1-11(17(2,3)4)18(5)10-13-12-8-6-7-9-14(12)21-15(13)16(19)20/h6-9,11H,10H2,1-5H3,(H,19,20). The molecular weight excluding hydrogens is 282 g/mol. The van der Waals surface area contributed by atoms with E-state index in [1.807, 2.05) is 24.3 Å². The van der Waals surface area contributed by atoms with Crippen LogP contribution < -0.4 is 0 Å². The number of rotatable bonds is 4. The first kappa shape index (κ1) is 16.0. The van der Waals surface area contributed by atoms with Crippen molar-refractivity contribution in [3.8, 4) is 0 Å². The normalized spacial score (nSPS) is 13.8. The van der Waals surface area contributed by atoms with Crippen LogP contribution in [0.25, 0.3) is 10.1 Å². The van der Waals surface area contributed by atoms with Crippen LogP contribution in [0.5, 0.6) is 0 Å². The van der Waals surface area contributed by atoms with Gasteiger partial charge in [0.15, 0.2) is 0 Å². The van der Waals surface area contributed by atoms with Gasteiger partial charge in [-0.1, -0.05) is 39.0 Å². The number of fused-ring (bicyclic) bond motifs is 1. The summed E-state index contributed by atoms with van der Waals surface area (Å²) in [5.41, 5.74) is 1.09. The van der Waals surface area contributed by atoms with Crippen molar-refractivity contribution in [2.24, 2.45) is 5.41 Å². The number of carboxylic acid groups (broad SMARTS) is 1. The monoisotopic (exact) mass is 305 g/mol. The van der Waals surface area contributed by atoms with Crippen LogP contribution in [0.1, 0.15) is 42.9 Å². The predicted molar refractivity (Wildman–Crippen MR) is 89.2 cm³/mol. The minimum absolute atomic E-state index is 0.157. The average molecular weight is 305 g/mol. The average Bonchev–Trinajstić information content (AvgIpc) is 2.76. The summed E-state index contributed by atoms with van der Waals surface area (Å²) >= 11 is 1.37. The summed E-state index contributed by atoms with van der Waals surface area (Å²) in [6, 6.07) is 8.29. The summed E-state index contributed by atoms with van der Waals surface area (Å²) in [5, 5.41) is 10.5. The minimum Gasteiger partial charge on any atom is -0.477 e. The lowest BCUT2D eigenvalue weighted by molar-refractivity contribution is 0.0699. The van der Waals surface area contributed by atoms with Gasteiger partial charge in [0.05, 0.1) is 0 Å². The molecule has 4 heteroatoms. The summed E-state index contributed by atoms with van der Waals surface area (Å²) in [4.78, 5) is 14.2. The van der Waals surface area contributed by atoms with E-state index in [1.165, 1.54) is 11.3 Å². The predicted octanol–water partition coefficient (Wildman–Crippen LogP) is 4.47. The molecule has 0 fully saturated rings. The van der Waals surface area contributed by atoms with Crippen molar-refractivity contribution < 1.29 is 9.90 Å². The van der Waals surface area contributed by atoms with Crippen LogP contribution in [-0.2, 0) is 6.54 Å². The maximum absolute atomic E-state index is 11.5. The second-order valence-corrected chi connectivity index (χ2v) is 7.72. The lowest BCUT2D eigenvalue weighted by Gasteiger charge is -2.35. The van der Waals surface area contributed by atoms with Crippen molar-refractivity contribution in [1.29, 1.82) is 0 Å². The van der Waals surface area contributed by atoms with Gasteiger partial charge in [0.1, 0.15) is 4.88 Å². The van der Waals surface area contributed by atoms with Crippen LogP contribution in [0.15, 0.2) is 24.3 Å². The van der Waals surface area contributed by atoms with E-state index < -0.39 is 5.97 Å². The van der Waals surface area contributed by atoms with E-state index in [0.29, 0.717) is 17.5 Å². The third kappa shape index (κ3) is 3.27. The Morgan fingerprint density at radius 3 is 2.52 bits per heavy atom. The Hall–Kier alpha value is -1.39. The molecule has 0 saturated carbocycles. The molecule has 1 aromatic carbocycles. The molecule has 0 amide bonds. The zero-order valence-electron chi connectivity index (χ0n) is 13.3. The van der Waals surface area contributed by atoms with E-state index in [9.17, 15) is 9.90 Å². The maximum Gasteiger partial charge on any atom is 0.346 e. The number of aromatic carboxylic acids is 1. The van der Waals surface area contributed by atoms with Gasteiger partial charge in [0.25, 0.3) is 0 Å². The first-order valence-electron chi connectivity index (χ1n) is 7.15. The highest BCUT2D eigenvalue weighted by molar-refractivity contribution is 7.21. The molecule has 2 aromatic rings. The SMILES string of the molecule is CC(N(C)Cc1c(C(=O)O)sc2ccccc12)C(C)(C)C. The van der Waals surface area contributed by atoms with E-state index in [4.69, 9.17) is 0 Å². The van der Waals surface area contributed by atoms with Crippen molar-refractivity contribution >= 4 is 27.4 Å². The summed E-state index contributed by atoms with van der Waals surface area (Å²) in [6.45, 7) is 9.47. The molecule has 2 rings (SSSR count). The zero-order chi connectivity index (χ0) is 15.8. The second kappa shape index (κ2) is 5.78. The van der Waals surface area contributed by atoms with Gasteiger partial charge in [0.2, 0.25) is 0 Å². The molecule has 1 atom stereocenters. The van der Waals surface area contributed by atoms with Crippen molar-refractivity contribution in [3.63, 3.8) is 0 Å². The van der Waals surface area contributed by atoms with Crippen molar-refractivity contribution in [1.82, 2.24) is 4.90 Å². The first-order valence-corrected chi connectivity index (χ1v) is 7.97. The fourth-order valence-corrected chi connectivity index (χ4v) is 3.53. The highest BCUT2D eigenvalue weighted by atomic mass is 32.1. The number of carboxylic acids is 1. The molecule has 0 radical (unpaired) electrons. The molecule has 0 spiro atoms. The molecule has 0 aliphatic rings. The fraction of sp³-hybridized carbons (Fsp3) is 0.471. The molecule has 0 saturated heterocycles. The van der Waals surface area contributed by atoms with Crippen molar-refractivity contribution in [2.75, 3.05) is 7.05 Å². The van der Waals surface area contributed by atoms with E-state index in [0.717, 1.165) is 15.6 Å². The van der Waals surface area contributed by atoms with Gasteiger partial charge in [-0.2, -0.15) is 0 Å². The zero-order valence-corrected chi connectivity index (χ0v) is 14.1. The number of carbonyl (C=O) groups is 1. The molecule has 114 valence electrons. The van der Waals surface area contributed by atoms with Gasteiger partial charge >= 0.3 is 5.97 Å². The largest absolute Gasteiger partial charge is 0.477 e. The lowest BCUT2D eigenvalue weighted by atomic mass is 9.87. The van der Waals surface area contributed by atoms with Gasteiger partial charge in [-0.3, -0.25) is 4.90 Å². The Bertz CT molecular complexity index is 654. The molecule has 0 aliphatic heterocycles. The fourth-order valence-electron chi connectivity index (χ4n) is 2.48. The van der Waals surface area contributed by atoms with E-state index in [1.54, 1.807) is 0 Å². The molecule has 3 nitrogen and oxygen atoms in total. The molecule has 21 heavy (non-hydrogen) atoms. The Morgan fingerprint density at radius 2 is 1.95 bits per heavy atom. The van der Waals surface area contributed by atoms with Crippen LogP contribution in [0, 0.1) is 5.41 Å². The van der Waals surface area contributed by atoms with Crippen LogP contribution in [-0.4, -0.2) is 29.1 Å². The van der Waals surface area contributed by atoms with Crippen molar-refractivity contribution in [3.05, 3.63) is 34.7 Å². The quantitative estimate of drug-likeness (QED) is 0.906. The summed E-state index contributed by atoms with van der Waals surface area (Å²) in [7, 11) is 2.06. The summed E-state index contributed by atoms with van der Waals surface area (Å²) in [6.07, 6.45) is 0. The molecule has 1 unspecified atom stereocenters. The van der Waals surface area contributed by atoms with Gasteiger partial charge in [0, 0.05) is 17.3 Å². The van der Waals surface area contributed by atoms with Gasteiger partial charge in [-0.15, -0.1) is 11.3 Å². The highest BCUT2D eigenvalue weighted by Crippen LogP contribution is 2.33. The number of nitrogens with zero attached hydrogens (tertiary/aromatic N) is 1. The van der Waals surface area contributed by atoms with Crippen LogP contribution in [0.2, 0.25) is 0 Å². The van der Waals surface area contributed by atoms with Gasteiger partial charge < -0.3 is 5.11 Å². The molecule has 0 bridgehead atoms. The molecule has 1 heterocycles. The van der Waals surface area contributed by atoms with Gasteiger partial charge in [-0.05, 0) is 36.4 Å². The first-order chi connectivity index (χ1) is 9.71. The van der Waals surface area contributed by atoms with E-state index in [-0.39, 0.29) is 5.41 Å². The lowest BCUT2D eigenvalue weighted by Crippen LogP contribution is -2.39. The maximum atomic E-state index is 11.5. The molecule has 0 aliphatic carbocycles. The third-order valence-corrected chi connectivity index (χ3v) is 5.42. The van der Waals surface area contributed by atoms with Crippen LogP contribution >= 0.6 is 11.3 Å². The number of hydrogen-bond acceptors (Lipinski definition) is 3. The number of hydrogen-bond donors (Lipinski definition) is 1. The Labute approximate surface area is 130 Å². The number of thiophene rings is 1. The topological polar surface area (TPSA) is 40.5 Å². The van der Waals surface area contributed by atoms with E-state index in [2.05, 4.69) is 39.6 Å². The smallest absolute Gasteiger partial charge is 0.346 e. The molecular formula is C17H23NO2S. The van der Waals surface area contributed by atoms with Crippen LogP contribution in [0.3, 0.4) is 0 Å². The van der Waals surface area contributed by atoms with Crippen LogP contribution in [0.4, 0.5) is 0 Å². The van der Waals surface area contributed by atoms with Gasteiger partial charge in [-0.25, -0.2) is 4.79 Å². The summed E-state index contributed by atoms with van der Waals surface area (Å²) < 4.78 is 1.04. The molecule has 1 N–H and O–H groups in total. The second-order valence-electron chi connectivity index (χ2n) is 6.67. The third-order valence-electron chi connectivity index (χ3n) is 4.21. The Balaban J connectivity index is 2.41. The number of benzene rings is 1. The van der Waals surface area contributed by atoms with E-state index >= 15 is 0 Å². The Morgan fingerprint density at radius 1 is 1.33 bits per heavy atom. The molecule has 1 aromatic heterocycles. The van der Waals surface area contributed by atoms with Crippen molar-refractivity contribution in [2.45, 2.75) is 40.3 Å². The minimum atomic E-state index is -0.831.